The Morgan fingerprint density at radius 3 is 2.60 bits per heavy atom. The van der Waals surface area contributed by atoms with Gasteiger partial charge in [-0.1, -0.05) is 0 Å². The lowest BCUT2D eigenvalue weighted by molar-refractivity contribution is -0.137. The van der Waals surface area contributed by atoms with Gasteiger partial charge in [0.1, 0.15) is 15.7 Å². The van der Waals surface area contributed by atoms with E-state index in [4.69, 9.17) is 0 Å². The number of halogens is 4. The van der Waals surface area contributed by atoms with Gasteiger partial charge in [0.2, 0.25) is 0 Å². The summed E-state index contributed by atoms with van der Waals surface area (Å²) in [6.45, 7) is 0. The highest BCUT2D eigenvalue weighted by atomic mass is 32.1. The number of carbonyl (C=O) groups is 1. The number of carbonyl (C=O) groups excluding carboxylic acids is 1. The molecule has 0 bridgehead atoms. The molecule has 1 aromatic heterocycles. The van der Waals surface area contributed by atoms with E-state index < -0.39 is 23.5 Å². The van der Waals surface area contributed by atoms with Crippen LogP contribution in [0.2, 0.25) is 0 Å². The molecular formula is C12H7F4NO2S. The average Bonchev–Trinajstić information content (AvgIpc) is 2.85. The number of benzene rings is 1. The number of hydrogen-bond acceptors (Lipinski definition) is 4. The predicted octanol–water partition coefficient (Wildman–Crippen LogP) is 3.75. The van der Waals surface area contributed by atoms with Crippen LogP contribution in [0.4, 0.5) is 17.6 Å². The van der Waals surface area contributed by atoms with Crippen molar-refractivity contribution in [2.45, 2.75) is 6.18 Å². The highest BCUT2D eigenvalue weighted by molar-refractivity contribution is 7.16. The first-order valence-corrected chi connectivity index (χ1v) is 6.05. The Morgan fingerprint density at radius 2 is 2.00 bits per heavy atom. The van der Waals surface area contributed by atoms with Crippen molar-refractivity contribution < 1.29 is 27.1 Å². The fraction of sp³-hybridized carbons (Fsp3) is 0.167. The normalized spacial score (nSPS) is 11.4. The Hall–Kier alpha value is -1.96. The van der Waals surface area contributed by atoms with Crippen molar-refractivity contribution in [3.63, 3.8) is 0 Å². The minimum absolute atomic E-state index is 0.0440. The van der Waals surface area contributed by atoms with Crippen molar-refractivity contribution in [3.8, 4) is 10.6 Å². The second kappa shape index (κ2) is 5.20. The van der Waals surface area contributed by atoms with Gasteiger partial charge in [-0.3, -0.25) is 0 Å². The Labute approximate surface area is 114 Å². The van der Waals surface area contributed by atoms with E-state index in [-0.39, 0.29) is 15.4 Å². The highest BCUT2D eigenvalue weighted by Crippen LogP contribution is 2.34. The van der Waals surface area contributed by atoms with Crippen LogP contribution < -0.4 is 0 Å². The van der Waals surface area contributed by atoms with Gasteiger partial charge in [0.05, 0.1) is 18.9 Å². The second-order valence-electron chi connectivity index (χ2n) is 3.75. The molecule has 20 heavy (non-hydrogen) atoms. The maximum Gasteiger partial charge on any atom is 0.416 e. The summed E-state index contributed by atoms with van der Waals surface area (Å²) in [7, 11) is 1.17. The molecule has 3 nitrogen and oxygen atoms in total. The summed E-state index contributed by atoms with van der Waals surface area (Å²) in [6.07, 6.45) is -3.48. The molecule has 0 atom stereocenters. The summed E-state index contributed by atoms with van der Waals surface area (Å²) in [5.41, 5.74) is -1.15. The van der Waals surface area contributed by atoms with Crippen LogP contribution in [0.3, 0.4) is 0 Å². The molecule has 0 N–H and O–H groups in total. The standard InChI is InChI=1S/C12H7F4NO2S/c1-19-11(18)9-5-17-10(20-9)6-2-7(12(14,15)16)4-8(13)3-6/h2-5H,1H3. The van der Waals surface area contributed by atoms with E-state index in [0.717, 1.165) is 23.5 Å². The van der Waals surface area contributed by atoms with Gasteiger partial charge in [-0.2, -0.15) is 13.2 Å². The molecule has 0 saturated heterocycles. The molecule has 0 radical (unpaired) electrons. The van der Waals surface area contributed by atoms with Gasteiger partial charge in [-0.15, -0.1) is 11.3 Å². The number of esters is 1. The summed E-state index contributed by atoms with van der Waals surface area (Å²) in [4.78, 5) is 15.2. The Balaban J connectivity index is 2.45. The number of hydrogen-bond donors (Lipinski definition) is 0. The first kappa shape index (κ1) is 14.4. The smallest absolute Gasteiger partial charge is 0.416 e. The monoisotopic (exact) mass is 305 g/mol. The van der Waals surface area contributed by atoms with Gasteiger partial charge in [0.25, 0.3) is 0 Å². The Kier molecular flexibility index (Phi) is 3.76. The van der Waals surface area contributed by atoms with Crippen molar-refractivity contribution >= 4 is 17.3 Å². The van der Waals surface area contributed by atoms with E-state index in [2.05, 4.69) is 9.72 Å². The molecule has 0 fully saturated rings. The minimum Gasteiger partial charge on any atom is -0.465 e. The third-order valence-corrected chi connectivity index (χ3v) is 3.39. The van der Waals surface area contributed by atoms with Gasteiger partial charge in [0.15, 0.2) is 0 Å². The maximum absolute atomic E-state index is 13.3. The molecule has 0 amide bonds. The number of ether oxygens (including phenoxy) is 1. The molecule has 8 heteroatoms. The number of thiazole rings is 1. The largest absolute Gasteiger partial charge is 0.465 e. The number of rotatable bonds is 2. The Morgan fingerprint density at radius 1 is 1.30 bits per heavy atom. The molecule has 2 aromatic rings. The molecule has 0 saturated carbocycles. The molecule has 0 unspecified atom stereocenters. The zero-order valence-electron chi connectivity index (χ0n) is 9.99. The zero-order valence-corrected chi connectivity index (χ0v) is 10.8. The Bertz CT molecular complexity index is 651. The third kappa shape index (κ3) is 2.96. The SMILES string of the molecule is COC(=O)c1cnc(-c2cc(F)cc(C(F)(F)F)c2)s1. The van der Waals surface area contributed by atoms with Crippen LogP contribution in [0.15, 0.2) is 24.4 Å². The van der Waals surface area contributed by atoms with Crippen molar-refractivity contribution in [3.05, 3.63) is 40.7 Å². The number of aromatic nitrogens is 1. The second-order valence-corrected chi connectivity index (χ2v) is 4.78. The summed E-state index contributed by atoms with van der Waals surface area (Å²) in [5, 5.41) is 0.107. The number of methoxy groups -OCH3 is 1. The van der Waals surface area contributed by atoms with E-state index in [1.807, 2.05) is 0 Å². The number of alkyl halides is 3. The first-order valence-electron chi connectivity index (χ1n) is 5.23. The van der Waals surface area contributed by atoms with E-state index >= 15 is 0 Å². The van der Waals surface area contributed by atoms with Crippen molar-refractivity contribution in [1.29, 1.82) is 0 Å². The van der Waals surface area contributed by atoms with Crippen LogP contribution in [-0.4, -0.2) is 18.1 Å². The molecule has 106 valence electrons. The molecular weight excluding hydrogens is 298 g/mol. The van der Waals surface area contributed by atoms with Crippen LogP contribution in [0.25, 0.3) is 10.6 Å². The molecule has 0 aliphatic rings. The topological polar surface area (TPSA) is 39.2 Å². The van der Waals surface area contributed by atoms with Crippen LogP contribution in [0, 0.1) is 5.82 Å². The quantitative estimate of drug-likeness (QED) is 0.626. The van der Waals surface area contributed by atoms with Gasteiger partial charge in [-0.05, 0) is 18.2 Å². The fourth-order valence-corrected chi connectivity index (χ4v) is 2.30. The molecule has 1 heterocycles. The van der Waals surface area contributed by atoms with Gasteiger partial charge in [-0.25, -0.2) is 14.2 Å². The van der Waals surface area contributed by atoms with Crippen LogP contribution in [-0.2, 0) is 10.9 Å². The zero-order chi connectivity index (χ0) is 14.9. The average molecular weight is 305 g/mol. The highest BCUT2D eigenvalue weighted by Gasteiger charge is 2.31. The summed E-state index contributed by atoms with van der Waals surface area (Å²) >= 11 is 0.827. The van der Waals surface area contributed by atoms with E-state index in [9.17, 15) is 22.4 Å². The molecule has 0 spiro atoms. The van der Waals surface area contributed by atoms with Gasteiger partial charge < -0.3 is 4.74 Å². The molecule has 2 rings (SSSR count). The molecule has 0 aliphatic carbocycles. The lowest BCUT2D eigenvalue weighted by Gasteiger charge is -2.08. The van der Waals surface area contributed by atoms with E-state index in [0.29, 0.717) is 6.07 Å². The molecule has 1 aromatic carbocycles. The predicted molar refractivity (Wildman–Crippen MR) is 63.8 cm³/mol. The van der Waals surface area contributed by atoms with Gasteiger partial charge in [0, 0.05) is 5.56 Å². The molecule has 0 aliphatic heterocycles. The summed E-state index contributed by atoms with van der Waals surface area (Å²) < 4.78 is 55.5. The maximum atomic E-state index is 13.3. The summed E-state index contributed by atoms with van der Waals surface area (Å²) in [5.74, 6) is -1.68. The first-order chi connectivity index (χ1) is 9.31. The van der Waals surface area contributed by atoms with Gasteiger partial charge >= 0.3 is 12.1 Å². The van der Waals surface area contributed by atoms with Crippen molar-refractivity contribution in [2.24, 2.45) is 0 Å². The summed E-state index contributed by atoms with van der Waals surface area (Å²) in [6, 6.07) is 2.11. The van der Waals surface area contributed by atoms with Crippen LogP contribution in [0.1, 0.15) is 15.2 Å². The van der Waals surface area contributed by atoms with E-state index in [1.165, 1.54) is 13.3 Å². The van der Waals surface area contributed by atoms with Crippen molar-refractivity contribution in [2.75, 3.05) is 7.11 Å². The lowest BCUT2D eigenvalue weighted by atomic mass is 10.1. The lowest BCUT2D eigenvalue weighted by Crippen LogP contribution is -2.05. The fourth-order valence-electron chi connectivity index (χ4n) is 1.48. The van der Waals surface area contributed by atoms with Crippen molar-refractivity contribution in [1.82, 2.24) is 4.98 Å². The van der Waals surface area contributed by atoms with Crippen LogP contribution in [0.5, 0.6) is 0 Å². The third-order valence-electron chi connectivity index (χ3n) is 2.36. The minimum atomic E-state index is -4.65. The van der Waals surface area contributed by atoms with E-state index in [1.54, 1.807) is 0 Å². The van der Waals surface area contributed by atoms with Crippen LogP contribution >= 0.6 is 11.3 Å². The number of nitrogens with zero attached hydrogens (tertiary/aromatic N) is 1.